The van der Waals surface area contributed by atoms with Gasteiger partial charge < -0.3 is 11.1 Å². The first-order valence-electron chi connectivity index (χ1n) is 4.75. The van der Waals surface area contributed by atoms with Gasteiger partial charge in [0.05, 0.1) is 0 Å². The van der Waals surface area contributed by atoms with Crippen molar-refractivity contribution < 1.29 is 0 Å². The van der Waals surface area contributed by atoms with Gasteiger partial charge in [-0.3, -0.25) is 0 Å². The fraction of sp³-hybridized carbons (Fsp3) is 0.800. The fourth-order valence-corrected chi connectivity index (χ4v) is 3.19. The van der Waals surface area contributed by atoms with Crippen LogP contribution in [0.25, 0.3) is 0 Å². The standard InChI is InChI=1S/C10H18N2S/c1-3-4-6-12-10(8-11)5-7-13-9(10)2/h1,9,12H,4-8,11H2,2H3. The van der Waals surface area contributed by atoms with E-state index in [9.17, 15) is 0 Å². The summed E-state index contributed by atoms with van der Waals surface area (Å²) in [6.07, 6.45) is 7.16. The lowest BCUT2D eigenvalue weighted by Crippen LogP contribution is -2.55. The van der Waals surface area contributed by atoms with Crippen LogP contribution in [0.1, 0.15) is 19.8 Å². The molecule has 74 valence electrons. The lowest BCUT2D eigenvalue weighted by atomic mass is 9.93. The number of terminal acetylenes is 1. The number of thioether (sulfide) groups is 1. The van der Waals surface area contributed by atoms with Crippen molar-refractivity contribution in [1.82, 2.24) is 5.32 Å². The summed E-state index contributed by atoms with van der Waals surface area (Å²) in [5, 5.41) is 4.11. The van der Waals surface area contributed by atoms with E-state index in [-0.39, 0.29) is 5.54 Å². The summed E-state index contributed by atoms with van der Waals surface area (Å²) in [4.78, 5) is 0. The molecule has 1 aliphatic heterocycles. The van der Waals surface area contributed by atoms with E-state index < -0.39 is 0 Å². The molecule has 0 aromatic carbocycles. The van der Waals surface area contributed by atoms with Crippen LogP contribution < -0.4 is 11.1 Å². The number of nitrogens with one attached hydrogen (secondary N) is 1. The van der Waals surface area contributed by atoms with Crippen LogP contribution in [0.15, 0.2) is 0 Å². The lowest BCUT2D eigenvalue weighted by Gasteiger charge is -2.32. The van der Waals surface area contributed by atoms with E-state index in [1.54, 1.807) is 0 Å². The maximum Gasteiger partial charge on any atom is 0.0429 e. The summed E-state index contributed by atoms with van der Waals surface area (Å²) in [5.41, 5.74) is 5.95. The third-order valence-electron chi connectivity index (χ3n) is 2.80. The first-order chi connectivity index (χ1) is 6.25. The molecule has 3 N–H and O–H groups in total. The van der Waals surface area contributed by atoms with Crippen molar-refractivity contribution in [3.63, 3.8) is 0 Å². The summed E-state index contributed by atoms with van der Waals surface area (Å²) in [5.74, 6) is 3.85. The molecule has 0 bridgehead atoms. The molecule has 1 heterocycles. The Morgan fingerprint density at radius 1 is 1.77 bits per heavy atom. The van der Waals surface area contributed by atoms with Crippen LogP contribution in [0.2, 0.25) is 0 Å². The fourth-order valence-electron chi connectivity index (χ4n) is 1.74. The average molecular weight is 198 g/mol. The van der Waals surface area contributed by atoms with Crippen LogP contribution in [0.5, 0.6) is 0 Å². The highest BCUT2D eigenvalue weighted by atomic mass is 32.2. The summed E-state index contributed by atoms with van der Waals surface area (Å²) in [6.45, 7) is 3.84. The minimum Gasteiger partial charge on any atom is -0.329 e. The van der Waals surface area contributed by atoms with Gasteiger partial charge in [0, 0.05) is 30.3 Å². The van der Waals surface area contributed by atoms with E-state index in [0.717, 1.165) is 13.0 Å². The molecular formula is C10H18N2S. The van der Waals surface area contributed by atoms with Crippen molar-refractivity contribution in [2.24, 2.45) is 5.73 Å². The van der Waals surface area contributed by atoms with Crippen LogP contribution in [0, 0.1) is 12.3 Å². The molecule has 2 atom stereocenters. The maximum absolute atomic E-state index is 5.81. The Morgan fingerprint density at radius 3 is 3.00 bits per heavy atom. The highest BCUT2D eigenvalue weighted by Crippen LogP contribution is 2.34. The minimum atomic E-state index is 0.140. The predicted octanol–water partition coefficient (Wildman–Crippen LogP) is 0.822. The van der Waals surface area contributed by atoms with Crippen molar-refractivity contribution in [2.75, 3.05) is 18.8 Å². The smallest absolute Gasteiger partial charge is 0.0429 e. The molecule has 0 amide bonds. The van der Waals surface area contributed by atoms with Crippen LogP contribution in [0.4, 0.5) is 0 Å². The Balaban J connectivity index is 2.45. The van der Waals surface area contributed by atoms with Gasteiger partial charge in [0.1, 0.15) is 0 Å². The largest absolute Gasteiger partial charge is 0.329 e. The van der Waals surface area contributed by atoms with Crippen molar-refractivity contribution >= 4 is 11.8 Å². The Bertz CT molecular complexity index is 200. The van der Waals surface area contributed by atoms with E-state index in [1.165, 1.54) is 12.2 Å². The molecule has 2 unspecified atom stereocenters. The van der Waals surface area contributed by atoms with Gasteiger partial charge in [-0.1, -0.05) is 6.92 Å². The number of rotatable bonds is 4. The van der Waals surface area contributed by atoms with E-state index >= 15 is 0 Å². The van der Waals surface area contributed by atoms with E-state index in [1.807, 2.05) is 11.8 Å². The number of nitrogens with two attached hydrogens (primary N) is 1. The molecular weight excluding hydrogens is 180 g/mol. The van der Waals surface area contributed by atoms with Crippen molar-refractivity contribution in [2.45, 2.75) is 30.6 Å². The average Bonchev–Trinajstić information content (AvgIpc) is 2.49. The third kappa shape index (κ3) is 2.40. The molecule has 1 aliphatic rings. The zero-order chi connectivity index (χ0) is 9.73. The van der Waals surface area contributed by atoms with Crippen LogP contribution in [0.3, 0.4) is 0 Å². The highest BCUT2D eigenvalue weighted by molar-refractivity contribution is 8.00. The summed E-state index contributed by atoms with van der Waals surface area (Å²) in [6, 6.07) is 0. The molecule has 13 heavy (non-hydrogen) atoms. The zero-order valence-corrected chi connectivity index (χ0v) is 8.99. The molecule has 1 saturated heterocycles. The van der Waals surface area contributed by atoms with Crippen LogP contribution >= 0.6 is 11.8 Å². The van der Waals surface area contributed by atoms with Crippen molar-refractivity contribution in [3.05, 3.63) is 0 Å². The van der Waals surface area contributed by atoms with E-state index in [0.29, 0.717) is 11.8 Å². The number of hydrogen-bond acceptors (Lipinski definition) is 3. The molecule has 0 aliphatic carbocycles. The van der Waals surface area contributed by atoms with Crippen LogP contribution in [-0.4, -0.2) is 29.6 Å². The predicted molar refractivity (Wildman–Crippen MR) is 59.8 cm³/mol. The van der Waals surface area contributed by atoms with Gasteiger partial charge in [-0.05, 0) is 12.2 Å². The minimum absolute atomic E-state index is 0.140. The summed E-state index contributed by atoms with van der Waals surface area (Å²) >= 11 is 1.99. The first kappa shape index (κ1) is 10.9. The quantitative estimate of drug-likeness (QED) is 0.519. The molecule has 3 heteroatoms. The second-order valence-corrected chi connectivity index (χ2v) is 4.95. The van der Waals surface area contributed by atoms with Gasteiger partial charge in [0.15, 0.2) is 0 Å². The molecule has 0 saturated carbocycles. The maximum atomic E-state index is 5.81. The molecule has 2 nitrogen and oxygen atoms in total. The van der Waals surface area contributed by atoms with Gasteiger partial charge in [-0.25, -0.2) is 0 Å². The van der Waals surface area contributed by atoms with Gasteiger partial charge in [0.25, 0.3) is 0 Å². The van der Waals surface area contributed by atoms with Gasteiger partial charge in [0.2, 0.25) is 0 Å². The normalized spacial score (nSPS) is 33.2. The third-order valence-corrected chi connectivity index (χ3v) is 4.20. The number of hydrogen-bond donors (Lipinski definition) is 2. The van der Waals surface area contributed by atoms with Crippen molar-refractivity contribution in [1.29, 1.82) is 0 Å². The molecule has 0 aromatic rings. The second kappa shape index (κ2) is 4.90. The molecule has 1 rings (SSSR count). The van der Waals surface area contributed by atoms with Crippen LogP contribution in [-0.2, 0) is 0 Å². The zero-order valence-electron chi connectivity index (χ0n) is 8.18. The Labute approximate surface area is 85.0 Å². The van der Waals surface area contributed by atoms with Gasteiger partial charge in [-0.15, -0.1) is 12.3 Å². The summed E-state index contributed by atoms with van der Waals surface area (Å²) in [7, 11) is 0. The monoisotopic (exact) mass is 198 g/mol. The Morgan fingerprint density at radius 2 is 2.54 bits per heavy atom. The lowest BCUT2D eigenvalue weighted by molar-refractivity contribution is 0.338. The highest BCUT2D eigenvalue weighted by Gasteiger charge is 2.38. The molecule has 1 fully saturated rings. The molecule has 0 aromatic heterocycles. The molecule has 0 radical (unpaired) electrons. The topological polar surface area (TPSA) is 38.0 Å². The van der Waals surface area contributed by atoms with E-state index in [2.05, 4.69) is 18.2 Å². The van der Waals surface area contributed by atoms with Gasteiger partial charge in [-0.2, -0.15) is 11.8 Å². The van der Waals surface area contributed by atoms with Crippen molar-refractivity contribution in [3.8, 4) is 12.3 Å². The molecule has 0 spiro atoms. The van der Waals surface area contributed by atoms with Gasteiger partial charge >= 0.3 is 0 Å². The second-order valence-electron chi connectivity index (χ2n) is 3.50. The van der Waals surface area contributed by atoms with E-state index in [4.69, 9.17) is 12.2 Å². The SMILES string of the molecule is C#CCCNC1(CN)CCSC1C. The first-order valence-corrected chi connectivity index (χ1v) is 5.80. The summed E-state index contributed by atoms with van der Waals surface area (Å²) < 4.78 is 0. The Kier molecular flexibility index (Phi) is 4.11. The Hall–Kier alpha value is -0.170.